The van der Waals surface area contributed by atoms with Crippen molar-refractivity contribution in [2.24, 2.45) is 0 Å². The SMILES string of the molecule is COc1cc(NC(=O)c2ccccn2)ccc1C#Cc1ccccc1Cl. The van der Waals surface area contributed by atoms with E-state index in [9.17, 15) is 4.79 Å². The van der Waals surface area contributed by atoms with Gasteiger partial charge >= 0.3 is 0 Å². The van der Waals surface area contributed by atoms with E-state index in [0.717, 1.165) is 5.56 Å². The summed E-state index contributed by atoms with van der Waals surface area (Å²) in [7, 11) is 1.56. The molecule has 3 rings (SSSR count). The third-order valence-electron chi connectivity index (χ3n) is 3.56. The first-order chi connectivity index (χ1) is 12.7. The molecule has 0 atom stereocenters. The Bertz CT molecular complexity index is 992. The lowest BCUT2D eigenvalue weighted by atomic mass is 10.1. The van der Waals surface area contributed by atoms with Crippen LogP contribution in [0.25, 0.3) is 0 Å². The van der Waals surface area contributed by atoms with Crippen LogP contribution in [0.2, 0.25) is 5.02 Å². The smallest absolute Gasteiger partial charge is 0.274 e. The Hall–Kier alpha value is -3.29. The quantitative estimate of drug-likeness (QED) is 0.703. The van der Waals surface area contributed by atoms with Gasteiger partial charge in [0.25, 0.3) is 5.91 Å². The maximum atomic E-state index is 12.2. The Balaban J connectivity index is 1.83. The molecule has 0 saturated carbocycles. The number of nitrogens with one attached hydrogen (secondary N) is 1. The molecule has 0 aliphatic rings. The predicted octanol–water partition coefficient (Wildman–Crippen LogP) is 4.40. The second kappa shape index (κ2) is 8.19. The van der Waals surface area contributed by atoms with E-state index in [-0.39, 0.29) is 5.91 Å². The van der Waals surface area contributed by atoms with Gasteiger partial charge in [0, 0.05) is 23.5 Å². The summed E-state index contributed by atoms with van der Waals surface area (Å²) in [5.41, 5.74) is 2.38. The van der Waals surface area contributed by atoms with E-state index in [0.29, 0.717) is 27.7 Å². The first kappa shape index (κ1) is 17.5. The predicted molar refractivity (Wildman–Crippen MR) is 103 cm³/mol. The van der Waals surface area contributed by atoms with Crippen molar-refractivity contribution in [2.75, 3.05) is 12.4 Å². The summed E-state index contributed by atoms with van der Waals surface area (Å²) in [6.07, 6.45) is 1.57. The summed E-state index contributed by atoms with van der Waals surface area (Å²) in [5, 5.41) is 3.39. The molecule has 0 saturated heterocycles. The van der Waals surface area contributed by atoms with Gasteiger partial charge in [-0.1, -0.05) is 41.6 Å². The van der Waals surface area contributed by atoms with Crippen molar-refractivity contribution in [1.82, 2.24) is 4.98 Å². The molecular weight excluding hydrogens is 348 g/mol. The fraction of sp³-hybridized carbons (Fsp3) is 0.0476. The highest BCUT2D eigenvalue weighted by molar-refractivity contribution is 6.31. The fourth-order valence-corrected chi connectivity index (χ4v) is 2.44. The molecule has 0 aliphatic heterocycles. The number of halogens is 1. The number of benzene rings is 2. The van der Waals surface area contributed by atoms with Gasteiger partial charge in [0.1, 0.15) is 11.4 Å². The van der Waals surface area contributed by atoms with E-state index in [4.69, 9.17) is 16.3 Å². The van der Waals surface area contributed by atoms with Crippen LogP contribution < -0.4 is 10.1 Å². The monoisotopic (exact) mass is 362 g/mol. The Morgan fingerprint density at radius 2 is 1.81 bits per heavy atom. The van der Waals surface area contributed by atoms with E-state index >= 15 is 0 Å². The standard InChI is InChI=1S/C21H15ClN2O2/c1-26-20-14-17(24-21(25)19-8-4-5-13-23-19)12-11-16(20)10-9-15-6-2-3-7-18(15)22/h2-8,11-14H,1H3,(H,24,25). The first-order valence-electron chi connectivity index (χ1n) is 7.84. The number of anilines is 1. The summed E-state index contributed by atoms with van der Waals surface area (Å²) >= 11 is 6.12. The number of carbonyl (C=O) groups is 1. The minimum absolute atomic E-state index is 0.289. The molecule has 4 nitrogen and oxygen atoms in total. The van der Waals surface area contributed by atoms with Crippen LogP contribution in [-0.4, -0.2) is 18.0 Å². The maximum absolute atomic E-state index is 12.2. The molecule has 3 aromatic rings. The number of hydrogen-bond acceptors (Lipinski definition) is 3. The van der Waals surface area contributed by atoms with Gasteiger partial charge < -0.3 is 10.1 Å². The fourth-order valence-electron chi connectivity index (χ4n) is 2.26. The molecular formula is C21H15ClN2O2. The third kappa shape index (κ3) is 4.21. The lowest BCUT2D eigenvalue weighted by molar-refractivity contribution is 0.102. The molecule has 26 heavy (non-hydrogen) atoms. The first-order valence-corrected chi connectivity index (χ1v) is 8.22. The van der Waals surface area contributed by atoms with Crippen LogP contribution >= 0.6 is 11.6 Å². The third-order valence-corrected chi connectivity index (χ3v) is 3.89. The van der Waals surface area contributed by atoms with Crippen molar-refractivity contribution in [2.45, 2.75) is 0 Å². The van der Waals surface area contributed by atoms with Gasteiger partial charge in [-0.3, -0.25) is 9.78 Å². The average Bonchev–Trinajstić information content (AvgIpc) is 2.68. The van der Waals surface area contributed by atoms with Crippen molar-refractivity contribution in [3.63, 3.8) is 0 Å². The van der Waals surface area contributed by atoms with Crippen LogP contribution in [0, 0.1) is 11.8 Å². The normalized spacial score (nSPS) is 9.77. The van der Waals surface area contributed by atoms with Gasteiger partial charge in [-0.2, -0.15) is 0 Å². The summed E-state index contributed by atoms with van der Waals surface area (Å²) in [5.74, 6) is 6.35. The van der Waals surface area contributed by atoms with Crippen LogP contribution in [0.4, 0.5) is 5.69 Å². The number of ether oxygens (including phenoxy) is 1. The molecule has 1 N–H and O–H groups in total. The van der Waals surface area contributed by atoms with Crippen LogP contribution in [0.3, 0.4) is 0 Å². The number of hydrogen-bond donors (Lipinski definition) is 1. The Kier molecular flexibility index (Phi) is 5.52. The van der Waals surface area contributed by atoms with E-state index in [1.807, 2.05) is 18.2 Å². The number of carbonyl (C=O) groups excluding carboxylic acids is 1. The van der Waals surface area contributed by atoms with Gasteiger partial charge in [-0.25, -0.2) is 0 Å². The summed E-state index contributed by atoms with van der Waals surface area (Å²) < 4.78 is 5.39. The van der Waals surface area contributed by atoms with Crippen molar-refractivity contribution >= 4 is 23.2 Å². The molecule has 128 valence electrons. The molecule has 0 spiro atoms. The van der Waals surface area contributed by atoms with Gasteiger partial charge in [0.05, 0.1) is 17.7 Å². The highest BCUT2D eigenvalue weighted by Crippen LogP contribution is 2.23. The number of rotatable bonds is 3. The molecule has 0 aliphatic carbocycles. The van der Waals surface area contributed by atoms with Crippen molar-refractivity contribution in [3.8, 4) is 17.6 Å². The van der Waals surface area contributed by atoms with Crippen molar-refractivity contribution in [1.29, 1.82) is 0 Å². The van der Waals surface area contributed by atoms with Crippen molar-refractivity contribution < 1.29 is 9.53 Å². The maximum Gasteiger partial charge on any atom is 0.274 e. The molecule has 2 aromatic carbocycles. The zero-order valence-corrected chi connectivity index (χ0v) is 14.7. The van der Waals surface area contributed by atoms with Crippen LogP contribution in [0.1, 0.15) is 21.6 Å². The molecule has 0 fully saturated rings. The minimum atomic E-state index is -0.289. The highest BCUT2D eigenvalue weighted by atomic mass is 35.5. The second-order valence-corrected chi connectivity index (χ2v) is 5.72. The summed E-state index contributed by atoms with van der Waals surface area (Å²) in [6.45, 7) is 0. The zero-order chi connectivity index (χ0) is 18.4. The van der Waals surface area contributed by atoms with Crippen LogP contribution in [-0.2, 0) is 0 Å². The topological polar surface area (TPSA) is 51.2 Å². The van der Waals surface area contributed by atoms with Crippen LogP contribution in [0.15, 0.2) is 66.9 Å². The minimum Gasteiger partial charge on any atom is -0.495 e. The molecule has 1 heterocycles. The molecule has 0 bridgehead atoms. The Morgan fingerprint density at radius 3 is 2.54 bits per heavy atom. The van der Waals surface area contributed by atoms with Crippen molar-refractivity contribution in [3.05, 3.63) is 88.7 Å². The number of methoxy groups -OCH3 is 1. The Labute approximate surface area is 156 Å². The second-order valence-electron chi connectivity index (χ2n) is 5.31. The largest absolute Gasteiger partial charge is 0.495 e. The van der Waals surface area contributed by atoms with Gasteiger partial charge in [-0.15, -0.1) is 0 Å². The number of pyridine rings is 1. The van der Waals surface area contributed by atoms with E-state index in [2.05, 4.69) is 22.1 Å². The Morgan fingerprint density at radius 1 is 1.04 bits per heavy atom. The van der Waals surface area contributed by atoms with Gasteiger partial charge in [0.15, 0.2) is 0 Å². The van der Waals surface area contributed by atoms with Crippen LogP contribution in [0.5, 0.6) is 5.75 Å². The molecule has 0 unspecified atom stereocenters. The van der Waals surface area contributed by atoms with E-state index in [1.165, 1.54) is 0 Å². The highest BCUT2D eigenvalue weighted by Gasteiger charge is 2.09. The lowest BCUT2D eigenvalue weighted by Gasteiger charge is -2.08. The molecule has 0 radical (unpaired) electrons. The lowest BCUT2D eigenvalue weighted by Crippen LogP contribution is -2.13. The summed E-state index contributed by atoms with van der Waals surface area (Å²) in [4.78, 5) is 16.2. The number of aromatic nitrogens is 1. The van der Waals surface area contributed by atoms with E-state index < -0.39 is 0 Å². The number of nitrogens with zero attached hydrogens (tertiary/aromatic N) is 1. The van der Waals surface area contributed by atoms with Gasteiger partial charge in [0.2, 0.25) is 0 Å². The number of amides is 1. The molecule has 1 amide bonds. The molecule has 1 aromatic heterocycles. The zero-order valence-electron chi connectivity index (χ0n) is 14.0. The van der Waals surface area contributed by atoms with E-state index in [1.54, 1.807) is 55.8 Å². The summed E-state index contributed by atoms with van der Waals surface area (Å²) in [6, 6.07) is 17.8. The van der Waals surface area contributed by atoms with Gasteiger partial charge in [-0.05, 0) is 36.4 Å². The molecule has 5 heteroatoms. The average molecular weight is 363 g/mol.